The van der Waals surface area contributed by atoms with Crippen molar-refractivity contribution in [2.24, 2.45) is 0 Å². The molecule has 0 spiro atoms. The third-order valence-electron chi connectivity index (χ3n) is 11.2. The van der Waals surface area contributed by atoms with Gasteiger partial charge < -0.3 is 34.9 Å². The number of nitrogens with zero attached hydrogens (tertiary/aromatic N) is 1. The monoisotopic (exact) mass is 788 g/mol. The molecule has 1 fully saturated rings. The van der Waals surface area contributed by atoms with E-state index in [1.165, 1.54) is 133 Å². The van der Waals surface area contributed by atoms with Crippen LogP contribution in [0.2, 0.25) is 0 Å². The number of benzene rings is 1. The minimum Gasteiger partial charge on any atom is -0.465 e. The summed E-state index contributed by atoms with van der Waals surface area (Å²) in [5.74, 6) is -0.362. The zero-order valence-corrected chi connectivity index (χ0v) is 35.6. The number of carboxylic acid groups (broad SMARTS) is 1. The molecule has 0 saturated carbocycles. The van der Waals surface area contributed by atoms with Crippen LogP contribution in [0.4, 0.5) is 9.59 Å². The van der Waals surface area contributed by atoms with Crippen LogP contribution in [0.3, 0.4) is 0 Å². The number of hydrogen-bond donors (Lipinski definition) is 3. The van der Waals surface area contributed by atoms with Crippen LogP contribution in [-0.2, 0) is 25.6 Å². The summed E-state index contributed by atoms with van der Waals surface area (Å²) in [5.41, 5.74) is -0.464. The summed E-state index contributed by atoms with van der Waals surface area (Å²) in [5, 5.41) is 15.4. The van der Waals surface area contributed by atoms with Crippen molar-refractivity contribution in [1.82, 2.24) is 15.5 Å². The highest BCUT2D eigenvalue weighted by molar-refractivity contribution is 5.90. The Morgan fingerprint density at radius 3 is 1.62 bits per heavy atom. The first-order chi connectivity index (χ1) is 27.4. The first kappa shape index (κ1) is 49.3. The largest absolute Gasteiger partial charge is 0.465 e. The zero-order chi connectivity index (χ0) is 40.4. The standard InChI is InChI=1S/C46H81N3O7/c1-3-5-7-9-11-13-15-17-19-21-23-28-36-54-40-42(55-37-29-24-22-20-18-16-14-12-10-8-6-4-2)38-47-43(50)46(32-34-49(35-33-46)45(52)53)48-44(51)56-39-41-30-26-25-27-31-41/h25-27,30-31,42H,3-24,28-29,32-40H2,1-2H3,(H,47,50)(H,48,51)(H,52,53). The van der Waals surface area contributed by atoms with Gasteiger partial charge in [-0.2, -0.15) is 0 Å². The topological polar surface area (TPSA) is 126 Å². The SMILES string of the molecule is CCCCCCCCCCCCCCOCC(CNC(=O)C1(NC(=O)OCc2ccccc2)CCN(C(=O)O)CC1)OCCCCCCCCCCCCCC. The quantitative estimate of drug-likeness (QED) is 0.0585. The second-order valence-corrected chi connectivity index (χ2v) is 16.1. The second-order valence-electron chi connectivity index (χ2n) is 16.1. The molecular formula is C46H81N3O7. The smallest absolute Gasteiger partial charge is 0.408 e. The molecule has 0 bridgehead atoms. The van der Waals surface area contributed by atoms with E-state index in [9.17, 15) is 19.5 Å². The van der Waals surface area contributed by atoms with Gasteiger partial charge in [-0.25, -0.2) is 9.59 Å². The first-order valence-corrected chi connectivity index (χ1v) is 22.8. The summed E-state index contributed by atoms with van der Waals surface area (Å²) in [6.07, 6.45) is 29.0. The van der Waals surface area contributed by atoms with Crippen LogP contribution in [0.5, 0.6) is 0 Å². The van der Waals surface area contributed by atoms with Gasteiger partial charge in [0, 0.05) is 32.8 Å². The number of rotatable bonds is 35. The maximum atomic E-state index is 13.9. The van der Waals surface area contributed by atoms with Crippen LogP contribution in [0, 0.1) is 0 Å². The number of amides is 3. The minimum atomic E-state index is -1.30. The van der Waals surface area contributed by atoms with Gasteiger partial charge in [-0.05, 0) is 31.2 Å². The lowest BCUT2D eigenvalue weighted by molar-refractivity contribution is -0.130. The number of piperidine rings is 1. The van der Waals surface area contributed by atoms with E-state index in [4.69, 9.17) is 14.2 Å². The van der Waals surface area contributed by atoms with Gasteiger partial charge in [0.25, 0.3) is 0 Å². The molecule has 1 unspecified atom stereocenters. The number of ether oxygens (including phenoxy) is 3. The van der Waals surface area contributed by atoms with E-state index in [1.807, 2.05) is 30.3 Å². The Labute approximate surface area is 341 Å². The predicted molar refractivity (Wildman–Crippen MR) is 227 cm³/mol. The first-order valence-electron chi connectivity index (χ1n) is 22.8. The Bertz CT molecular complexity index is 1110. The van der Waals surface area contributed by atoms with Crippen molar-refractivity contribution in [1.29, 1.82) is 0 Å². The molecule has 0 aliphatic carbocycles. The lowest BCUT2D eigenvalue weighted by Crippen LogP contribution is -2.64. The molecule has 0 radical (unpaired) electrons. The van der Waals surface area contributed by atoms with Crippen LogP contribution in [0.15, 0.2) is 30.3 Å². The van der Waals surface area contributed by atoms with E-state index in [1.54, 1.807) is 0 Å². The van der Waals surface area contributed by atoms with Crippen molar-refractivity contribution < 1.29 is 33.7 Å². The van der Waals surface area contributed by atoms with Crippen molar-refractivity contribution in [2.75, 3.05) is 39.5 Å². The van der Waals surface area contributed by atoms with E-state index in [-0.39, 0.29) is 51.1 Å². The Morgan fingerprint density at radius 2 is 1.14 bits per heavy atom. The summed E-state index contributed by atoms with van der Waals surface area (Å²) >= 11 is 0. The molecule has 1 atom stereocenters. The fourth-order valence-electron chi connectivity index (χ4n) is 7.44. The van der Waals surface area contributed by atoms with Gasteiger partial charge in [-0.3, -0.25) is 4.79 Å². The third kappa shape index (κ3) is 24.0. The zero-order valence-electron chi connectivity index (χ0n) is 35.6. The van der Waals surface area contributed by atoms with E-state index in [0.717, 1.165) is 31.2 Å². The van der Waals surface area contributed by atoms with Gasteiger partial charge >= 0.3 is 12.2 Å². The molecule has 0 aromatic heterocycles. The van der Waals surface area contributed by atoms with Crippen LogP contribution >= 0.6 is 0 Å². The molecule has 1 aliphatic heterocycles. The van der Waals surface area contributed by atoms with Gasteiger partial charge in [0.2, 0.25) is 5.91 Å². The molecule has 2 rings (SSSR count). The molecule has 10 heteroatoms. The molecule has 1 aromatic rings. The van der Waals surface area contributed by atoms with Crippen molar-refractivity contribution in [3.05, 3.63) is 35.9 Å². The highest BCUT2D eigenvalue weighted by atomic mass is 16.5. The van der Waals surface area contributed by atoms with Gasteiger partial charge in [0.15, 0.2) is 0 Å². The van der Waals surface area contributed by atoms with Gasteiger partial charge in [0.05, 0.1) is 12.7 Å². The molecule has 3 amide bonds. The third-order valence-corrected chi connectivity index (χ3v) is 11.2. The number of carbonyl (C=O) groups is 3. The van der Waals surface area contributed by atoms with Gasteiger partial charge in [-0.1, -0.05) is 185 Å². The fraction of sp³-hybridized carbons (Fsp3) is 0.804. The number of carbonyl (C=O) groups excluding carboxylic acids is 2. The molecule has 1 aromatic carbocycles. The highest BCUT2D eigenvalue weighted by Gasteiger charge is 2.44. The van der Waals surface area contributed by atoms with Crippen LogP contribution in [0.1, 0.15) is 186 Å². The summed E-state index contributed by atoms with van der Waals surface area (Å²) in [4.78, 5) is 39.8. The van der Waals surface area contributed by atoms with E-state index >= 15 is 0 Å². The van der Waals surface area contributed by atoms with Gasteiger partial charge in [0.1, 0.15) is 12.1 Å². The van der Waals surface area contributed by atoms with E-state index in [2.05, 4.69) is 24.5 Å². The van der Waals surface area contributed by atoms with Crippen molar-refractivity contribution in [2.45, 2.75) is 199 Å². The average molecular weight is 788 g/mol. The Balaban J connectivity index is 1.81. The molecular weight excluding hydrogens is 707 g/mol. The molecule has 56 heavy (non-hydrogen) atoms. The highest BCUT2D eigenvalue weighted by Crippen LogP contribution is 2.24. The Kier molecular flexibility index (Phi) is 29.2. The Hall–Kier alpha value is -2.85. The second kappa shape index (κ2) is 33.2. The van der Waals surface area contributed by atoms with Crippen molar-refractivity contribution in [3.8, 4) is 0 Å². The average Bonchev–Trinajstić information content (AvgIpc) is 3.21. The summed E-state index contributed by atoms with van der Waals surface area (Å²) < 4.78 is 17.9. The predicted octanol–water partition coefficient (Wildman–Crippen LogP) is 11.3. The van der Waals surface area contributed by atoms with Gasteiger partial charge in [-0.15, -0.1) is 0 Å². The minimum absolute atomic E-state index is 0.0667. The summed E-state index contributed by atoms with van der Waals surface area (Å²) in [7, 11) is 0. The number of alkyl carbamates (subject to hydrolysis) is 1. The van der Waals surface area contributed by atoms with Crippen molar-refractivity contribution in [3.63, 3.8) is 0 Å². The van der Waals surface area contributed by atoms with E-state index in [0.29, 0.717) is 19.8 Å². The number of nitrogens with one attached hydrogen (secondary N) is 2. The van der Waals surface area contributed by atoms with Crippen LogP contribution in [-0.4, -0.2) is 79.2 Å². The van der Waals surface area contributed by atoms with Crippen molar-refractivity contribution >= 4 is 18.1 Å². The number of unbranched alkanes of at least 4 members (excludes halogenated alkanes) is 22. The molecule has 3 N–H and O–H groups in total. The normalized spacial score (nSPS) is 14.4. The van der Waals surface area contributed by atoms with E-state index < -0.39 is 17.7 Å². The van der Waals surface area contributed by atoms with Crippen LogP contribution < -0.4 is 10.6 Å². The lowest BCUT2D eigenvalue weighted by atomic mass is 9.86. The maximum absolute atomic E-state index is 13.9. The number of hydrogen-bond acceptors (Lipinski definition) is 6. The fourth-order valence-corrected chi connectivity index (χ4v) is 7.44. The molecule has 1 heterocycles. The maximum Gasteiger partial charge on any atom is 0.408 e. The lowest BCUT2D eigenvalue weighted by Gasteiger charge is -2.40. The molecule has 1 saturated heterocycles. The molecule has 1 aliphatic rings. The summed E-state index contributed by atoms with van der Waals surface area (Å²) in [6, 6.07) is 9.34. The molecule has 10 nitrogen and oxygen atoms in total. The van der Waals surface area contributed by atoms with Crippen LogP contribution in [0.25, 0.3) is 0 Å². The molecule has 322 valence electrons. The Morgan fingerprint density at radius 1 is 0.679 bits per heavy atom. The number of likely N-dealkylation sites (tertiary alicyclic amines) is 1. The summed E-state index contributed by atoms with van der Waals surface area (Å²) in [6.45, 7) is 6.72.